The summed E-state index contributed by atoms with van der Waals surface area (Å²) >= 11 is 0. The molecule has 0 bridgehead atoms. The van der Waals surface area contributed by atoms with Gasteiger partial charge in [-0.25, -0.2) is 0 Å². The summed E-state index contributed by atoms with van der Waals surface area (Å²) in [6, 6.07) is 0. The largest absolute Gasteiger partial charge is 0.314 e. The van der Waals surface area contributed by atoms with Gasteiger partial charge in [0.2, 0.25) is 0 Å². The molecule has 2 nitrogen and oxygen atoms in total. The Balaban J connectivity index is 1.72. The normalized spacial score (nSPS) is 34.2. The highest BCUT2D eigenvalue weighted by molar-refractivity contribution is 4.77. The van der Waals surface area contributed by atoms with E-state index in [1.54, 1.807) is 0 Å². The summed E-state index contributed by atoms with van der Waals surface area (Å²) in [6.45, 7) is 8.67. The smallest absolute Gasteiger partial charge is 0.0107 e. The van der Waals surface area contributed by atoms with Gasteiger partial charge in [-0.1, -0.05) is 26.2 Å². The lowest BCUT2D eigenvalue weighted by atomic mass is 9.80. The predicted octanol–water partition coefficient (Wildman–Crippen LogP) is 2.11. The summed E-state index contributed by atoms with van der Waals surface area (Å²) in [5, 5.41) is 3.43. The van der Waals surface area contributed by atoms with Crippen molar-refractivity contribution in [3.05, 3.63) is 0 Å². The van der Waals surface area contributed by atoms with Crippen molar-refractivity contribution < 1.29 is 0 Å². The molecule has 2 unspecified atom stereocenters. The molecule has 2 atom stereocenters. The van der Waals surface area contributed by atoms with Gasteiger partial charge in [0.1, 0.15) is 0 Å². The van der Waals surface area contributed by atoms with Crippen molar-refractivity contribution >= 4 is 0 Å². The molecule has 2 aliphatic rings. The molecule has 0 aromatic heterocycles. The summed E-state index contributed by atoms with van der Waals surface area (Å²) in [6.07, 6.45) is 7.36. The molecular weight excluding hydrogens is 184 g/mol. The molecule has 15 heavy (non-hydrogen) atoms. The van der Waals surface area contributed by atoms with Gasteiger partial charge in [-0.3, -0.25) is 0 Å². The van der Waals surface area contributed by atoms with Crippen LogP contribution in [0.15, 0.2) is 0 Å². The van der Waals surface area contributed by atoms with E-state index in [0.29, 0.717) is 0 Å². The number of rotatable bonds is 3. The van der Waals surface area contributed by atoms with Gasteiger partial charge in [-0.15, -0.1) is 0 Å². The summed E-state index contributed by atoms with van der Waals surface area (Å²) < 4.78 is 0. The minimum atomic E-state index is 1.00. The lowest BCUT2D eigenvalue weighted by Gasteiger charge is -2.34. The fourth-order valence-corrected chi connectivity index (χ4v) is 3.20. The van der Waals surface area contributed by atoms with Crippen LogP contribution in [0.25, 0.3) is 0 Å². The average molecular weight is 210 g/mol. The molecule has 1 saturated heterocycles. The van der Waals surface area contributed by atoms with E-state index in [2.05, 4.69) is 17.1 Å². The van der Waals surface area contributed by atoms with E-state index in [4.69, 9.17) is 0 Å². The quantitative estimate of drug-likeness (QED) is 0.767. The van der Waals surface area contributed by atoms with Crippen LogP contribution in [-0.2, 0) is 0 Å². The number of nitrogens with zero attached hydrogens (tertiary/aromatic N) is 1. The van der Waals surface area contributed by atoms with Gasteiger partial charge in [0.25, 0.3) is 0 Å². The Hall–Kier alpha value is -0.0800. The van der Waals surface area contributed by atoms with Crippen LogP contribution < -0.4 is 5.32 Å². The Morgan fingerprint density at radius 3 is 2.60 bits per heavy atom. The van der Waals surface area contributed by atoms with Crippen LogP contribution in [0, 0.1) is 11.8 Å². The number of hydrogen-bond acceptors (Lipinski definition) is 2. The van der Waals surface area contributed by atoms with E-state index in [0.717, 1.165) is 11.8 Å². The average Bonchev–Trinajstić information content (AvgIpc) is 2.31. The van der Waals surface area contributed by atoms with E-state index < -0.39 is 0 Å². The summed E-state index contributed by atoms with van der Waals surface area (Å²) in [4.78, 5) is 2.67. The Bertz CT molecular complexity index is 175. The van der Waals surface area contributed by atoms with Gasteiger partial charge in [0.15, 0.2) is 0 Å². The maximum Gasteiger partial charge on any atom is 0.0107 e. The van der Waals surface area contributed by atoms with Gasteiger partial charge in [-0.2, -0.15) is 0 Å². The molecule has 1 heterocycles. The third-order valence-corrected chi connectivity index (χ3v) is 4.19. The van der Waals surface area contributed by atoms with Crippen molar-refractivity contribution in [1.82, 2.24) is 10.2 Å². The monoisotopic (exact) mass is 210 g/mol. The fourth-order valence-electron chi connectivity index (χ4n) is 3.20. The van der Waals surface area contributed by atoms with Crippen molar-refractivity contribution in [2.45, 2.75) is 39.0 Å². The van der Waals surface area contributed by atoms with Crippen LogP contribution in [0.2, 0.25) is 0 Å². The van der Waals surface area contributed by atoms with E-state index in [1.807, 2.05) is 0 Å². The number of nitrogens with one attached hydrogen (secondary N) is 1. The van der Waals surface area contributed by atoms with E-state index >= 15 is 0 Å². The minimum absolute atomic E-state index is 1.00. The second-order valence-electron chi connectivity index (χ2n) is 5.36. The molecule has 88 valence electrons. The first kappa shape index (κ1) is 11.4. The van der Waals surface area contributed by atoms with Crippen LogP contribution in [0.5, 0.6) is 0 Å². The molecular formula is C13H26N2. The molecule has 1 aliphatic heterocycles. The molecule has 0 amide bonds. The SMILES string of the molecule is CCC1CCCC(CN2CCNCC2)C1. The maximum atomic E-state index is 3.43. The standard InChI is InChI=1S/C13H26N2/c1-2-12-4-3-5-13(10-12)11-15-8-6-14-7-9-15/h12-14H,2-11H2,1H3. The summed E-state index contributed by atoms with van der Waals surface area (Å²) in [5.74, 6) is 2.04. The second kappa shape index (κ2) is 5.86. The number of hydrogen-bond donors (Lipinski definition) is 1. The van der Waals surface area contributed by atoms with Crippen LogP contribution in [0.4, 0.5) is 0 Å². The van der Waals surface area contributed by atoms with Crippen LogP contribution in [0.3, 0.4) is 0 Å². The van der Waals surface area contributed by atoms with Gasteiger partial charge < -0.3 is 10.2 Å². The number of piperazine rings is 1. The molecule has 1 aliphatic carbocycles. The lowest BCUT2D eigenvalue weighted by Crippen LogP contribution is -2.45. The Morgan fingerprint density at radius 1 is 1.13 bits per heavy atom. The minimum Gasteiger partial charge on any atom is -0.314 e. The third-order valence-electron chi connectivity index (χ3n) is 4.19. The molecule has 0 aromatic rings. The molecule has 2 rings (SSSR count). The van der Waals surface area contributed by atoms with Gasteiger partial charge in [-0.05, 0) is 24.7 Å². The Labute approximate surface area is 94.4 Å². The Kier molecular flexibility index (Phi) is 4.45. The highest BCUT2D eigenvalue weighted by Gasteiger charge is 2.23. The van der Waals surface area contributed by atoms with Crippen molar-refractivity contribution in [3.63, 3.8) is 0 Å². The van der Waals surface area contributed by atoms with Crippen molar-refractivity contribution in [2.75, 3.05) is 32.7 Å². The fraction of sp³-hybridized carbons (Fsp3) is 1.00. The molecule has 0 aromatic carbocycles. The third kappa shape index (κ3) is 3.46. The Morgan fingerprint density at radius 2 is 1.87 bits per heavy atom. The molecule has 0 spiro atoms. The van der Waals surface area contributed by atoms with E-state index in [1.165, 1.54) is 64.8 Å². The van der Waals surface area contributed by atoms with Gasteiger partial charge >= 0.3 is 0 Å². The topological polar surface area (TPSA) is 15.3 Å². The van der Waals surface area contributed by atoms with Crippen LogP contribution >= 0.6 is 0 Å². The zero-order valence-electron chi connectivity index (χ0n) is 10.2. The molecule has 0 radical (unpaired) electrons. The first-order valence-electron chi connectivity index (χ1n) is 6.81. The van der Waals surface area contributed by atoms with Crippen molar-refractivity contribution in [3.8, 4) is 0 Å². The molecule has 1 N–H and O–H groups in total. The first-order valence-corrected chi connectivity index (χ1v) is 6.81. The van der Waals surface area contributed by atoms with Crippen molar-refractivity contribution in [2.24, 2.45) is 11.8 Å². The zero-order chi connectivity index (χ0) is 10.5. The van der Waals surface area contributed by atoms with Crippen molar-refractivity contribution in [1.29, 1.82) is 0 Å². The first-order chi connectivity index (χ1) is 7.38. The highest BCUT2D eigenvalue weighted by Crippen LogP contribution is 2.31. The summed E-state index contributed by atoms with van der Waals surface area (Å²) in [7, 11) is 0. The molecule has 2 fully saturated rings. The van der Waals surface area contributed by atoms with Crippen LogP contribution in [0.1, 0.15) is 39.0 Å². The second-order valence-corrected chi connectivity index (χ2v) is 5.36. The maximum absolute atomic E-state index is 3.43. The molecule has 2 heteroatoms. The van der Waals surface area contributed by atoms with Gasteiger partial charge in [0, 0.05) is 32.7 Å². The lowest BCUT2D eigenvalue weighted by molar-refractivity contribution is 0.159. The summed E-state index contributed by atoms with van der Waals surface area (Å²) in [5.41, 5.74) is 0. The highest BCUT2D eigenvalue weighted by atomic mass is 15.2. The predicted molar refractivity (Wildman–Crippen MR) is 65.0 cm³/mol. The van der Waals surface area contributed by atoms with Gasteiger partial charge in [0.05, 0.1) is 0 Å². The van der Waals surface area contributed by atoms with Crippen LogP contribution in [-0.4, -0.2) is 37.6 Å². The zero-order valence-corrected chi connectivity index (χ0v) is 10.2. The molecule has 1 saturated carbocycles. The van der Waals surface area contributed by atoms with E-state index in [9.17, 15) is 0 Å². The van der Waals surface area contributed by atoms with E-state index in [-0.39, 0.29) is 0 Å².